The minimum Gasteiger partial charge on any atom is -0.370 e. The van der Waals surface area contributed by atoms with Crippen molar-refractivity contribution in [2.45, 2.75) is 17.1 Å². The lowest BCUT2D eigenvalue weighted by molar-refractivity contribution is -0.384. The van der Waals surface area contributed by atoms with E-state index in [1.54, 1.807) is 23.9 Å². The first-order valence-electron chi connectivity index (χ1n) is 7.48. The highest BCUT2D eigenvalue weighted by molar-refractivity contribution is 7.98. The first-order chi connectivity index (χ1) is 11.2. The van der Waals surface area contributed by atoms with E-state index in [-0.39, 0.29) is 10.6 Å². The Morgan fingerprint density at radius 1 is 1.22 bits per heavy atom. The molecular weight excluding hydrogens is 310 g/mol. The van der Waals surface area contributed by atoms with E-state index in [0.29, 0.717) is 5.75 Å². The highest BCUT2D eigenvalue weighted by Gasteiger charge is 2.12. The topological polar surface area (TPSA) is 67.5 Å². The number of benzene rings is 2. The lowest BCUT2D eigenvalue weighted by Crippen LogP contribution is -2.30. The van der Waals surface area contributed by atoms with Crippen molar-refractivity contribution < 1.29 is 4.92 Å². The van der Waals surface area contributed by atoms with Crippen molar-refractivity contribution in [3.63, 3.8) is 0 Å². The van der Waals surface area contributed by atoms with Crippen molar-refractivity contribution in [2.75, 3.05) is 13.1 Å². The number of amidine groups is 1. The first kappa shape index (κ1) is 15.6. The third-order valence-electron chi connectivity index (χ3n) is 3.56. The summed E-state index contributed by atoms with van der Waals surface area (Å²) in [4.78, 5) is 16.2. The summed E-state index contributed by atoms with van der Waals surface area (Å²) in [5.41, 5.74) is 2.18. The van der Waals surface area contributed by atoms with E-state index in [2.05, 4.69) is 22.4 Å². The average Bonchev–Trinajstić information content (AvgIpc) is 2.61. The zero-order valence-corrected chi connectivity index (χ0v) is 13.4. The fraction of sp³-hybridized carbons (Fsp3) is 0.235. The van der Waals surface area contributed by atoms with Gasteiger partial charge in [-0.3, -0.25) is 15.1 Å². The standard InChI is InChI=1S/C17H17N3O2S/c21-20(22)14-6-3-5-13(11-14)12-23-16-8-2-1-7-15(16)17-18-9-4-10-19-17/h1-3,5-8,11H,4,9-10,12H2,(H,18,19). The van der Waals surface area contributed by atoms with Crippen LogP contribution in [-0.4, -0.2) is 23.8 Å². The molecule has 2 aromatic carbocycles. The molecule has 0 fully saturated rings. The van der Waals surface area contributed by atoms with Gasteiger partial charge in [0.1, 0.15) is 5.84 Å². The number of aliphatic imine (C=N–C) groups is 1. The molecule has 0 unspecified atom stereocenters. The predicted molar refractivity (Wildman–Crippen MR) is 93.1 cm³/mol. The van der Waals surface area contributed by atoms with E-state index >= 15 is 0 Å². The molecule has 1 aliphatic heterocycles. The number of hydrogen-bond donors (Lipinski definition) is 1. The van der Waals surface area contributed by atoms with Crippen LogP contribution >= 0.6 is 11.8 Å². The maximum Gasteiger partial charge on any atom is 0.269 e. The molecule has 2 aromatic rings. The van der Waals surface area contributed by atoms with Gasteiger partial charge in [-0.2, -0.15) is 0 Å². The smallest absolute Gasteiger partial charge is 0.269 e. The van der Waals surface area contributed by atoms with Gasteiger partial charge in [0.25, 0.3) is 5.69 Å². The summed E-state index contributed by atoms with van der Waals surface area (Å²) >= 11 is 1.67. The van der Waals surface area contributed by atoms with E-state index in [0.717, 1.165) is 41.4 Å². The number of rotatable bonds is 5. The SMILES string of the molecule is O=[N+]([O-])c1cccc(CSc2ccccc2C2=NCCCN2)c1. The van der Waals surface area contributed by atoms with E-state index in [4.69, 9.17) is 0 Å². The van der Waals surface area contributed by atoms with Crippen LogP contribution in [0.25, 0.3) is 0 Å². The average molecular weight is 327 g/mol. The van der Waals surface area contributed by atoms with Gasteiger partial charge < -0.3 is 5.32 Å². The van der Waals surface area contributed by atoms with Gasteiger partial charge in [-0.1, -0.05) is 30.3 Å². The fourth-order valence-electron chi connectivity index (χ4n) is 2.42. The van der Waals surface area contributed by atoms with Gasteiger partial charge in [-0.05, 0) is 18.1 Å². The maximum absolute atomic E-state index is 10.9. The van der Waals surface area contributed by atoms with Gasteiger partial charge >= 0.3 is 0 Å². The zero-order chi connectivity index (χ0) is 16.1. The normalized spacial score (nSPS) is 14.0. The summed E-state index contributed by atoms with van der Waals surface area (Å²) in [7, 11) is 0. The van der Waals surface area contributed by atoms with Gasteiger partial charge in [0.15, 0.2) is 0 Å². The van der Waals surface area contributed by atoms with Gasteiger partial charge in [-0.15, -0.1) is 11.8 Å². The van der Waals surface area contributed by atoms with Crippen LogP contribution in [0.5, 0.6) is 0 Å². The summed E-state index contributed by atoms with van der Waals surface area (Å²) < 4.78 is 0. The number of nitro benzene ring substituents is 1. The van der Waals surface area contributed by atoms with Crippen molar-refractivity contribution in [3.05, 3.63) is 69.8 Å². The molecule has 0 atom stereocenters. The van der Waals surface area contributed by atoms with Crippen molar-refractivity contribution in [1.29, 1.82) is 0 Å². The van der Waals surface area contributed by atoms with Crippen molar-refractivity contribution in [2.24, 2.45) is 4.99 Å². The molecule has 0 aliphatic carbocycles. The molecule has 0 bridgehead atoms. The number of thioether (sulfide) groups is 1. The summed E-state index contributed by atoms with van der Waals surface area (Å²) in [5, 5.41) is 14.2. The molecule has 0 spiro atoms. The van der Waals surface area contributed by atoms with Gasteiger partial charge in [0.2, 0.25) is 0 Å². The van der Waals surface area contributed by atoms with E-state index in [1.165, 1.54) is 6.07 Å². The summed E-state index contributed by atoms with van der Waals surface area (Å²) in [6.07, 6.45) is 1.06. The van der Waals surface area contributed by atoms with Crippen molar-refractivity contribution in [1.82, 2.24) is 5.32 Å². The third kappa shape index (κ3) is 3.90. The van der Waals surface area contributed by atoms with Crippen LogP contribution in [0.4, 0.5) is 5.69 Å². The van der Waals surface area contributed by atoms with Crippen LogP contribution in [0, 0.1) is 10.1 Å². The molecule has 0 radical (unpaired) electrons. The Labute approximate surface area is 139 Å². The Balaban J connectivity index is 1.77. The Morgan fingerprint density at radius 2 is 2.09 bits per heavy atom. The Bertz CT molecular complexity index is 746. The molecule has 3 rings (SSSR count). The molecule has 1 heterocycles. The fourth-order valence-corrected chi connectivity index (χ4v) is 3.42. The minimum absolute atomic E-state index is 0.134. The molecule has 6 heteroatoms. The Hall–Kier alpha value is -2.34. The van der Waals surface area contributed by atoms with Gasteiger partial charge in [-0.25, -0.2) is 0 Å². The monoisotopic (exact) mass is 327 g/mol. The number of nitrogens with one attached hydrogen (secondary N) is 1. The summed E-state index contributed by atoms with van der Waals surface area (Å²) in [6.45, 7) is 1.80. The predicted octanol–water partition coefficient (Wildman–Crippen LogP) is 3.63. The zero-order valence-electron chi connectivity index (χ0n) is 12.6. The van der Waals surface area contributed by atoms with Crippen molar-refractivity contribution in [3.8, 4) is 0 Å². The van der Waals surface area contributed by atoms with Gasteiger partial charge in [0, 0.05) is 41.4 Å². The van der Waals surface area contributed by atoms with Crippen LogP contribution in [0.15, 0.2) is 58.4 Å². The Kier molecular flexibility index (Phi) is 4.92. The van der Waals surface area contributed by atoms with Crippen LogP contribution in [0.2, 0.25) is 0 Å². The molecule has 0 saturated carbocycles. The van der Waals surface area contributed by atoms with Crippen LogP contribution in [-0.2, 0) is 5.75 Å². The second-order valence-corrected chi connectivity index (χ2v) is 6.24. The molecule has 1 N–H and O–H groups in total. The highest BCUT2D eigenvalue weighted by Crippen LogP contribution is 2.28. The number of nitrogens with zero attached hydrogens (tertiary/aromatic N) is 2. The van der Waals surface area contributed by atoms with E-state index in [1.807, 2.05) is 18.2 Å². The van der Waals surface area contributed by atoms with E-state index in [9.17, 15) is 10.1 Å². The molecule has 23 heavy (non-hydrogen) atoms. The Morgan fingerprint density at radius 3 is 2.87 bits per heavy atom. The molecule has 0 amide bonds. The third-order valence-corrected chi connectivity index (χ3v) is 4.70. The van der Waals surface area contributed by atoms with Crippen molar-refractivity contribution >= 4 is 23.3 Å². The number of non-ortho nitro benzene ring substituents is 1. The molecule has 0 saturated heterocycles. The molecular formula is C17H17N3O2S. The summed E-state index contributed by atoms with van der Waals surface area (Å²) in [6, 6.07) is 14.9. The van der Waals surface area contributed by atoms with Crippen LogP contribution in [0.1, 0.15) is 17.5 Å². The first-order valence-corrected chi connectivity index (χ1v) is 8.46. The largest absolute Gasteiger partial charge is 0.370 e. The second-order valence-electron chi connectivity index (χ2n) is 5.22. The van der Waals surface area contributed by atoms with E-state index < -0.39 is 0 Å². The van der Waals surface area contributed by atoms with Crippen LogP contribution < -0.4 is 5.32 Å². The maximum atomic E-state index is 10.9. The highest BCUT2D eigenvalue weighted by atomic mass is 32.2. The number of hydrogen-bond acceptors (Lipinski definition) is 5. The number of nitro groups is 1. The molecule has 5 nitrogen and oxygen atoms in total. The molecule has 1 aliphatic rings. The second kappa shape index (κ2) is 7.28. The van der Waals surface area contributed by atoms with Crippen LogP contribution in [0.3, 0.4) is 0 Å². The minimum atomic E-state index is -0.358. The summed E-state index contributed by atoms with van der Waals surface area (Å²) in [5.74, 6) is 1.63. The lowest BCUT2D eigenvalue weighted by Gasteiger charge is -2.17. The molecule has 0 aromatic heterocycles. The molecule has 118 valence electrons. The van der Waals surface area contributed by atoms with Gasteiger partial charge in [0.05, 0.1) is 4.92 Å². The lowest BCUT2D eigenvalue weighted by atomic mass is 10.2. The quantitative estimate of drug-likeness (QED) is 0.517.